The van der Waals surface area contributed by atoms with Gasteiger partial charge < -0.3 is 82.3 Å². The quantitative estimate of drug-likeness (QED) is 0.0370. The molecule has 9 atom stereocenters. The summed E-state index contributed by atoms with van der Waals surface area (Å²) in [5.74, 6) is 10.6. The second-order valence-electron chi connectivity index (χ2n) is 35.6. The van der Waals surface area contributed by atoms with Crippen LogP contribution in [0.1, 0.15) is 94.0 Å². The van der Waals surface area contributed by atoms with Gasteiger partial charge in [0.15, 0.2) is 23.0 Å². The Kier molecular flexibility index (Phi) is 21.2. The number of anilines is 8. The van der Waals surface area contributed by atoms with Crippen molar-refractivity contribution >= 4 is 46.0 Å². The van der Waals surface area contributed by atoms with E-state index in [4.69, 9.17) is 76.0 Å². The average molecular weight is 1750 g/mol. The van der Waals surface area contributed by atoms with Gasteiger partial charge in [-0.2, -0.15) is 39.9 Å². The van der Waals surface area contributed by atoms with Crippen molar-refractivity contribution in [3.63, 3.8) is 0 Å². The Balaban J connectivity index is 0.000000104. The van der Waals surface area contributed by atoms with E-state index in [0.717, 1.165) is 227 Å². The highest BCUT2D eigenvalue weighted by Crippen LogP contribution is 2.60. The molecule has 24 rings (SSSR count). The molecule has 36 heteroatoms. The van der Waals surface area contributed by atoms with Crippen LogP contribution in [-0.4, -0.2) is 192 Å². The van der Waals surface area contributed by atoms with Crippen LogP contribution in [0.3, 0.4) is 0 Å². The Labute approximate surface area is 741 Å². The lowest BCUT2D eigenvalue weighted by Crippen LogP contribution is -2.30. The number of nitrogens with zero attached hydrogens (tertiary/aromatic N) is 20. The van der Waals surface area contributed by atoms with Gasteiger partial charge in [-0.05, 0) is 207 Å². The summed E-state index contributed by atoms with van der Waals surface area (Å²) in [7, 11) is 7.22. The number of hydrogen-bond acceptors (Lipinski definition) is 32. The van der Waals surface area contributed by atoms with Gasteiger partial charge in [-0.15, -0.1) is 0 Å². The summed E-state index contributed by atoms with van der Waals surface area (Å²) < 4.78 is 81.6. The molecule has 5 saturated heterocycles. The van der Waals surface area contributed by atoms with Crippen molar-refractivity contribution in [2.24, 2.45) is 64.0 Å². The van der Waals surface area contributed by atoms with Crippen LogP contribution < -0.4 is 82.3 Å². The van der Waals surface area contributed by atoms with Crippen LogP contribution in [-0.2, 0) is 25.7 Å². The van der Waals surface area contributed by atoms with E-state index >= 15 is 0 Å². The molecule has 8 fully saturated rings. The third kappa shape index (κ3) is 15.5. The standard InChI is InChI=1S/C24H26FN7O.3C23H24FN7O/c1-12-28-8-15(9-29-12)33-24-30-21-7-16-17(5-14(25)6-20(16)27-2)22(21)23(31-24)32-10-13-3-4-19(26)18(13)11-32;1-12-27-7-15(8-28-12)32-22-29-19-5-16-17(3-14(24)4-18(16)26-2)20(19)21(30-22)31-9-13-6-23(13,10-25)11-31;1-11-27-7-13(8-28-11)32-23-29-20-5-14-15(3-12(24)4-19(14)26-2)21(20)22(30-23)31-9-17-16(6-25)18(17)10-31;1-12-27-8-15(9-28-12)32-23-29-19-7-16-17(5-14(24)6-18(16)25-2)21(19)22(30-23)31-10-13-3-4-26-20(13)11-31/h5-6,8-9,13,18-19,27H,3-4,7,10-11,26H2,1-2H3;3-4,7-8,13,26H,5-6,9-11,25H2,1-2H3;3-4,7-8,16-18,26H,5-6,9-10,25H2,1-2H3;5-6,8-9,13,20,25-26H,3-4,7,10-11H2,1-2H3/t13-,18+,19-;;;13-,20+/m1..1/s1. The Bertz CT molecular complexity index is 6220. The van der Waals surface area contributed by atoms with Crippen LogP contribution in [0.4, 0.5) is 63.6 Å². The number of piperidine rings is 2. The summed E-state index contributed by atoms with van der Waals surface area (Å²) in [6.07, 6.45) is 19.8. The van der Waals surface area contributed by atoms with Crippen molar-refractivity contribution < 1.29 is 36.5 Å². The predicted octanol–water partition coefficient (Wildman–Crippen LogP) is 11.9. The molecule has 7 aliphatic carbocycles. The van der Waals surface area contributed by atoms with E-state index in [1.165, 1.54) is 24.3 Å². The third-order valence-corrected chi connectivity index (χ3v) is 27.9. The molecule has 129 heavy (non-hydrogen) atoms. The van der Waals surface area contributed by atoms with E-state index in [2.05, 4.69) is 86.1 Å². The number of halogens is 4. The number of benzene rings is 4. The lowest BCUT2D eigenvalue weighted by Gasteiger charge is -2.24. The zero-order chi connectivity index (χ0) is 88.5. The second-order valence-corrected chi connectivity index (χ2v) is 35.6. The summed E-state index contributed by atoms with van der Waals surface area (Å²) in [6, 6.07) is 14.1. The van der Waals surface area contributed by atoms with E-state index < -0.39 is 0 Å². The van der Waals surface area contributed by atoms with Gasteiger partial charge in [0.1, 0.15) is 69.8 Å². The molecule has 0 spiro atoms. The molecule has 4 unspecified atom stereocenters. The predicted molar refractivity (Wildman–Crippen MR) is 479 cm³/mol. The van der Waals surface area contributed by atoms with Gasteiger partial charge in [0.2, 0.25) is 0 Å². The van der Waals surface area contributed by atoms with Gasteiger partial charge in [-0.25, -0.2) is 57.4 Å². The first-order chi connectivity index (χ1) is 62.6. The van der Waals surface area contributed by atoms with Crippen LogP contribution in [0.5, 0.6) is 47.0 Å². The Morgan fingerprint density at radius 1 is 0.403 bits per heavy atom. The van der Waals surface area contributed by atoms with Crippen LogP contribution >= 0.6 is 0 Å². The summed E-state index contributed by atoms with van der Waals surface area (Å²) >= 11 is 0. The van der Waals surface area contributed by atoms with E-state index in [0.29, 0.717) is 126 Å². The molecule has 662 valence electrons. The number of aromatic nitrogens is 16. The van der Waals surface area contributed by atoms with Crippen LogP contribution in [0.2, 0.25) is 0 Å². The monoisotopic (exact) mass is 1750 g/mol. The molecule has 3 saturated carbocycles. The minimum absolute atomic E-state index is 0.170. The fourth-order valence-corrected chi connectivity index (χ4v) is 21.3. The molecular weight excluding hydrogens is 1650 g/mol. The minimum Gasteiger partial charge on any atom is -0.421 e. The Hall–Kier alpha value is -13.3. The lowest BCUT2D eigenvalue weighted by atomic mass is 9.98. The molecule has 0 amide bonds. The normalized spacial score (nSPS) is 22.1. The number of ether oxygens (including phenoxy) is 4. The van der Waals surface area contributed by atoms with E-state index in [1.54, 1.807) is 95.0 Å². The highest BCUT2D eigenvalue weighted by atomic mass is 19.1. The average Bonchev–Trinajstić information content (AvgIpc) is 1.22. The summed E-state index contributed by atoms with van der Waals surface area (Å²) in [4.78, 5) is 80.7. The zero-order valence-electron chi connectivity index (χ0n) is 72.7. The second kappa shape index (κ2) is 33.1. The topological polar surface area (TPSA) is 394 Å². The fourth-order valence-electron chi connectivity index (χ4n) is 21.3. The first-order valence-electron chi connectivity index (χ1n) is 44.0. The molecule has 12 aliphatic rings. The summed E-state index contributed by atoms with van der Waals surface area (Å²) in [5, 5.41) is 16.1. The minimum atomic E-state index is -0.285. The molecule has 5 aliphatic heterocycles. The SMILES string of the molecule is CNc1cc(F)cc2c1Cc1nc(Oc3cnc(C)nc3)nc(N3CC4C(CN)C4C3)c1-2.CNc1cc(F)cc2c1Cc1nc(Oc3cnc(C)nc3)nc(N3CC4CC4(CN)C3)c1-2.CNc1cc(F)cc2c1Cc1nc(Oc3cnc(C)nc3)nc(N3C[C@H]4CCN[C@H]4C3)c1-2.CNc1cc(F)cc2c1Cc1nc(Oc3cnc(C)nc3)nc(N3C[C@H]4CC[C@@H](N)[C@H]4C3)c1-2. The maximum absolute atomic E-state index is 14.5. The molecule has 32 nitrogen and oxygen atoms in total. The Morgan fingerprint density at radius 3 is 1.06 bits per heavy atom. The van der Waals surface area contributed by atoms with Crippen molar-refractivity contribution in [3.05, 3.63) is 190 Å². The van der Waals surface area contributed by atoms with Gasteiger partial charge >= 0.3 is 24.0 Å². The molecule has 11 N–H and O–H groups in total. The highest BCUT2D eigenvalue weighted by molar-refractivity contribution is 5.92. The smallest absolute Gasteiger partial charge is 0.324 e. The van der Waals surface area contributed by atoms with E-state index in [9.17, 15) is 17.6 Å². The lowest BCUT2D eigenvalue weighted by molar-refractivity contribution is 0.435. The molecule has 13 heterocycles. The Morgan fingerprint density at radius 2 is 0.736 bits per heavy atom. The molecule has 0 bridgehead atoms. The molecular formula is C93H98F4N28O4. The van der Waals surface area contributed by atoms with Crippen LogP contribution in [0, 0.1) is 97.8 Å². The van der Waals surface area contributed by atoms with Crippen LogP contribution in [0.25, 0.3) is 44.5 Å². The van der Waals surface area contributed by atoms with Gasteiger partial charge in [-0.3, -0.25) is 0 Å². The number of nitrogens with one attached hydrogen (secondary N) is 5. The van der Waals surface area contributed by atoms with Gasteiger partial charge in [-0.1, -0.05) is 0 Å². The van der Waals surface area contributed by atoms with Crippen LogP contribution in [0.15, 0.2) is 98.1 Å². The highest BCUT2D eigenvalue weighted by Gasteiger charge is 2.60. The number of aryl methyl sites for hydroxylation is 4. The number of nitrogens with two attached hydrogens (primary N) is 3. The number of fused-ring (bicyclic) bond motifs is 16. The van der Waals surface area contributed by atoms with E-state index in [1.807, 2.05) is 34.7 Å². The van der Waals surface area contributed by atoms with Crippen molar-refractivity contribution in [3.8, 4) is 91.5 Å². The largest absolute Gasteiger partial charge is 0.421 e. The molecule has 8 aromatic heterocycles. The first-order valence-corrected chi connectivity index (χ1v) is 44.0. The summed E-state index contributed by atoms with van der Waals surface area (Å²) in [5.41, 5.74) is 36.1. The summed E-state index contributed by atoms with van der Waals surface area (Å²) in [6.45, 7) is 16.8. The van der Waals surface area contributed by atoms with Crippen molar-refractivity contribution in [2.75, 3.05) is 141 Å². The van der Waals surface area contributed by atoms with Crippen molar-refractivity contribution in [2.45, 2.75) is 91.1 Å². The maximum atomic E-state index is 14.5. The van der Waals surface area contributed by atoms with Gasteiger partial charge in [0, 0.05) is 169 Å². The maximum Gasteiger partial charge on any atom is 0.324 e. The molecule has 4 aromatic carbocycles. The van der Waals surface area contributed by atoms with E-state index in [-0.39, 0.29) is 58.8 Å². The first kappa shape index (κ1) is 82.6. The van der Waals surface area contributed by atoms with Gasteiger partial charge in [0.05, 0.1) is 72.4 Å². The van der Waals surface area contributed by atoms with Gasteiger partial charge in [0.25, 0.3) is 0 Å². The molecule has 12 aromatic rings. The molecule has 0 radical (unpaired) electrons. The number of rotatable bonds is 18. The zero-order valence-corrected chi connectivity index (χ0v) is 72.7. The van der Waals surface area contributed by atoms with Crippen molar-refractivity contribution in [1.29, 1.82) is 0 Å². The fraction of sp³-hybridized carbons (Fsp3) is 0.398. The third-order valence-electron chi connectivity index (χ3n) is 27.9. The number of hydrogen-bond donors (Lipinski definition) is 8. The van der Waals surface area contributed by atoms with Crippen molar-refractivity contribution in [1.82, 2.24) is 85.1 Å².